The second-order valence-electron chi connectivity index (χ2n) is 4.25. The Bertz CT molecular complexity index is 206. The Morgan fingerprint density at radius 2 is 2.22 bits per heavy atom. The minimum atomic E-state index is -0.409. The van der Waals surface area contributed by atoms with E-state index in [2.05, 4.69) is 18.2 Å². The number of thioether (sulfide) groups is 1. The fraction of sp³-hybridized carbons (Fsp3) is 0.857. The highest BCUT2D eigenvalue weighted by molar-refractivity contribution is 7.99. The lowest BCUT2D eigenvalue weighted by Crippen LogP contribution is -2.31. The third-order valence-corrected chi connectivity index (χ3v) is 3.30. The fourth-order valence-corrected chi connectivity index (χ4v) is 2.00. The Balaban J connectivity index is 3.13. The number of aliphatic hydroxyl groups excluding tert-OH is 1. The van der Waals surface area contributed by atoms with Gasteiger partial charge in [-0.1, -0.05) is 32.1 Å². The van der Waals surface area contributed by atoms with Crippen molar-refractivity contribution in [2.75, 3.05) is 37.8 Å². The Morgan fingerprint density at radius 3 is 2.94 bits per heavy atom. The maximum absolute atomic E-state index is 9.63. The minimum absolute atomic E-state index is 0.409. The summed E-state index contributed by atoms with van der Waals surface area (Å²) in [4.78, 5) is 0. The predicted molar refractivity (Wildman–Crippen MR) is 80.0 cm³/mol. The maximum atomic E-state index is 9.63. The molecule has 0 radical (unpaired) electrons. The first kappa shape index (κ1) is 17.8. The number of rotatable bonds is 13. The Hall–Kier alpha value is -0.210. The lowest BCUT2D eigenvalue weighted by Gasteiger charge is -2.12. The predicted octanol–water partition coefficient (Wildman–Crippen LogP) is 1.90. The summed E-state index contributed by atoms with van der Waals surface area (Å²) >= 11 is 1.72. The van der Waals surface area contributed by atoms with Crippen LogP contribution >= 0.6 is 11.8 Å². The van der Waals surface area contributed by atoms with Gasteiger partial charge in [0.15, 0.2) is 0 Å². The van der Waals surface area contributed by atoms with Crippen molar-refractivity contribution >= 4 is 11.8 Å². The van der Waals surface area contributed by atoms with Gasteiger partial charge in [-0.3, -0.25) is 0 Å². The van der Waals surface area contributed by atoms with Crippen molar-refractivity contribution < 1.29 is 9.84 Å². The van der Waals surface area contributed by atoms with Gasteiger partial charge in [0.2, 0.25) is 0 Å². The Kier molecular flexibility index (Phi) is 14.7. The van der Waals surface area contributed by atoms with Crippen molar-refractivity contribution in [3.8, 4) is 12.3 Å². The standard InChI is InChI=1S/C14H27NO2S/c1-3-5-6-7-9-17-13-14(16)12-15-8-11-18-10-4-2/h2,14-16H,3,5-13H2,1H3. The molecule has 0 aromatic carbocycles. The number of aliphatic hydroxyl groups is 1. The van der Waals surface area contributed by atoms with Crippen LogP contribution in [0.4, 0.5) is 0 Å². The fourth-order valence-electron chi connectivity index (χ4n) is 1.45. The number of unbranched alkanes of at least 4 members (excludes halogenated alkanes) is 3. The van der Waals surface area contributed by atoms with Gasteiger partial charge < -0.3 is 15.2 Å². The molecule has 0 heterocycles. The molecule has 4 heteroatoms. The molecular formula is C14H27NO2S. The smallest absolute Gasteiger partial charge is 0.0897 e. The van der Waals surface area contributed by atoms with Gasteiger partial charge >= 0.3 is 0 Å². The van der Waals surface area contributed by atoms with Crippen LogP contribution in [-0.4, -0.2) is 49.0 Å². The average Bonchev–Trinajstić information content (AvgIpc) is 2.38. The largest absolute Gasteiger partial charge is 0.389 e. The van der Waals surface area contributed by atoms with Crippen LogP contribution in [-0.2, 0) is 4.74 Å². The van der Waals surface area contributed by atoms with Crippen LogP contribution in [0.5, 0.6) is 0 Å². The molecule has 0 rings (SSSR count). The first-order chi connectivity index (χ1) is 8.81. The zero-order chi connectivity index (χ0) is 13.5. The third kappa shape index (κ3) is 13.9. The van der Waals surface area contributed by atoms with Crippen LogP contribution in [0.15, 0.2) is 0 Å². The molecule has 0 aromatic heterocycles. The van der Waals surface area contributed by atoms with E-state index >= 15 is 0 Å². The summed E-state index contributed by atoms with van der Waals surface area (Å²) in [6.45, 7) is 4.84. The van der Waals surface area contributed by atoms with E-state index < -0.39 is 6.10 Å². The molecule has 1 atom stereocenters. The van der Waals surface area contributed by atoms with Gasteiger partial charge in [-0.2, -0.15) is 0 Å². The van der Waals surface area contributed by atoms with Crippen LogP contribution in [0, 0.1) is 12.3 Å². The van der Waals surface area contributed by atoms with Crippen molar-refractivity contribution in [3.63, 3.8) is 0 Å². The van der Waals surface area contributed by atoms with E-state index in [0.717, 1.165) is 31.1 Å². The number of nitrogens with one attached hydrogen (secondary N) is 1. The first-order valence-corrected chi connectivity index (χ1v) is 7.94. The lowest BCUT2D eigenvalue weighted by molar-refractivity contribution is 0.0358. The summed E-state index contributed by atoms with van der Waals surface area (Å²) in [5.74, 6) is 4.32. The van der Waals surface area contributed by atoms with Crippen molar-refractivity contribution in [1.82, 2.24) is 5.32 Å². The average molecular weight is 273 g/mol. The molecule has 106 valence electrons. The second-order valence-corrected chi connectivity index (χ2v) is 5.36. The van der Waals surface area contributed by atoms with Gasteiger partial charge in [0.05, 0.1) is 18.5 Å². The molecule has 0 aliphatic rings. The SMILES string of the molecule is C#CCSCCNCC(O)COCCCCCC. The summed E-state index contributed by atoms with van der Waals surface area (Å²) in [5, 5.41) is 12.8. The number of terminal acetylenes is 1. The summed E-state index contributed by atoms with van der Waals surface area (Å²) < 4.78 is 5.42. The van der Waals surface area contributed by atoms with Gasteiger partial charge in [-0.05, 0) is 6.42 Å². The van der Waals surface area contributed by atoms with Gasteiger partial charge in [0.25, 0.3) is 0 Å². The highest BCUT2D eigenvalue weighted by Crippen LogP contribution is 1.99. The van der Waals surface area contributed by atoms with Crippen LogP contribution in [0.25, 0.3) is 0 Å². The number of hydrogen-bond donors (Lipinski definition) is 2. The quantitative estimate of drug-likeness (QED) is 0.397. The lowest BCUT2D eigenvalue weighted by atomic mass is 10.2. The highest BCUT2D eigenvalue weighted by Gasteiger charge is 2.02. The molecule has 0 bridgehead atoms. The maximum Gasteiger partial charge on any atom is 0.0897 e. The van der Waals surface area contributed by atoms with Gasteiger partial charge in [0.1, 0.15) is 0 Å². The molecular weight excluding hydrogens is 246 g/mol. The molecule has 0 saturated carbocycles. The molecule has 0 aliphatic carbocycles. The van der Waals surface area contributed by atoms with Crippen molar-refractivity contribution in [2.24, 2.45) is 0 Å². The summed E-state index contributed by atoms with van der Waals surface area (Å²) in [7, 11) is 0. The van der Waals surface area contributed by atoms with Crippen molar-refractivity contribution in [2.45, 2.75) is 38.7 Å². The number of hydrogen-bond acceptors (Lipinski definition) is 4. The highest BCUT2D eigenvalue weighted by atomic mass is 32.2. The van der Waals surface area contributed by atoms with E-state index in [4.69, 9.17) is 11.2 Å². The minimum Gasteiger partial charge on any atom is -0.389 e. The second kappa shape index (κ2) is 14.8. The van der Waals surface area contributed by atoms with Gasteiger partial charge in [-0.25, -0.2) is 0 Å². The molecule has 3 nitrogen and oxygen atoms in total. The zero-order valence-electron chi connectivity index (χ0n) is 11.5. The van der Waals surface area contributed by atoms with E-state index in [1.54, 1.807) is 11.8 Å². The molecule has 0 amide bonds. The summed E-state index contributed by atoms with van der Waals surface area (Å²) in [6.07, 6.45) is 9.55. The van der Waals surface area contributed by atoms with E-state index in [1.807, 2.05) is 0 Å². The van der Waals surface area contributed by atoms with E-state index in [-0.39, 0.29) is 0 Å². The molecule has 0 saturated heterocycles. The van der Waals surface area contributed by atoms with E-state index in [0.29, 0.717) is 13.2 Å². The molecule has 0 fully saturated rings. The number of ether oxygens (including phenoxy) is 1. The van der Waals surface area contributed by atoms with Crippen LogP contribution in [0.2, 0.25) is 0 Å². The Morgan fingerprint density at radius 1 is 1.39 bits per heavy atom. The molecule has 0 aliphatic heterocycles. The molecule has 2 N–H and O–H groups in total. The van der Waals surface area contributed by atoms with Crippen LogP contribution in [0.1, 0.15) is 32.6 Å². The first-order valence-electron chi connectivity index (χ1n) is 6.79. The van der Waals surface area contributed by atoms with Gasteiger partial charge in [0, 0.05) is 25.4 Å². The van der Waals surface area contributed by atoms with Crippen molar-refractivity contribution in [3.05, 3.63) is 0 Å². The summed E-state index contributed by atoms with van der Waals surface area (Å²) in [6, 6.07) is 0. The summed E-state index contributed by atoms with van der Waals surface area (Å²) in [5.41, 5.74) is 0. The normalized spacial score (nSPS) is 12.3. The third-order valence-electron chi connectivity index (χ3n) is 2.44. The van der Waals surface area contributed by atoms with E-state index in [9.17, 15) is 5.11 Å². The Labute approximate surface area is 116 Å². The molecule has 0 spiro atoms. The van der Waals surface area contributed by atoms with Crippen molar-refractivity contribution in [1.29, 1.82) is 0 Å². The monoisotopic (exact) mass is 273 g/mol. The van der Waals surface area contributed by atoms with Crippen LogP contribution < -0.4 is 5.32 Å². The van der Waals surface area contributed by atoms with E-state index in [1.165, 1.54) is 19.3 Å². The molecule has 0 aromatic rings. The van der Waals surface area contributed by atoms with Crippen LogP contribution in [0.3, 0.4) is 0 Å². The topological polar surface area (TPSA) is 41.5 Å². The molecule has 18 heavy (non-hydrogen) atoms. The zero-order valence-corrected chi connectivity index (χ0v) is 12.3. The van der Waals surface area contributed by atoms with Gasteiger partial charge in [-0.15, -0.1) is 18.2 Å². The molecule has 1 unspecified atom stereocenters.